The van der Waals surface area contributed by atoms with Gasteiger partial charge in [0.2, 0.25) is 0 Å². The summed E-state index contributed by atoms with van der Waals surface area (Å²) in [6, 6.07) is 0. The fourth-order valence-electron chi connectivity index (χ4n) is 0.211. The molecule has 0 aliphatic carbocycles. The van der Waals surface area contributed by atoms with Crippen LogP contribution < -0.4 is 0 Å². The van der Waals surface area contributed by atoms with Crippen LogP contribution in [0.5, 0.6) is 0 Å². The first-order chi connectivity index (χ1) is 4.21. The molecule has 0 aromatic carbocycles. The van der Waals surface area contributed by atoms with Gasteiger partial charge in [-0.25, -0.2) is 0 Å². The van der Waals surface area contributed by atoms with E-state index in [9.17, 15) is 16.8 Å². The van der Waals surface area contributed by atoms with Crippen LogP contribution in [-0.2, 0) is 20.2 Å². The van der Waals surface area contributed by atoms with Crippen LogP contribution in [0.25, 0.3) is 0 Å². The van der Waals surface area contributed by atoms with E-state index >= 15 is 0 Å². The Balaban J connectivity index is 0. The molecule has 0 bridgehead atoms. The van der Waals surface area contributed by atoms with Gasteiger partial charge in [-0.1, -0.05) is 0 Å². The molecule has 0 aliphatic rings. The molecule has 0 heterocycles. The summed E-state index contributed by atoms with van der Waals surface area (Å²) in [7, 11) is -8.59. The molecule has 0 atom stereocenters. The molecule has 1 radical (unpaired) electrons. The summed E-state index contributed by atoms with van der Waals surface area (Å²) in [5, 5.41) is 0. The van der Waals surface area contributed by atoms with Gasteiger partial charge in [0.1, 0.15) is 0 Å². The average Bonchev–Trinajstić information content (AvgIpc) is 1.57. The molecule has 0 amide bonds. The van der Waals surface area contributed by atoms with Gasteiger partial charge in [-0.05, 0) is 0 Å². The van der Waals surface area contributed by atoms with Crippen molar-refractivity contribution in [3.63, 3.8) is 0 Å². The SMILES string of the molecule is O=S(=O)(O)CCS(=O)(=O)O.[Li]. The normalized spacial score (nSPS) is 12.2. The molecule has 0 aliphatic heterocycles. The Bertz CT molecular complexity index is 255. The summed E-state index contributed by atoms with van der Waals surface area (Å²) in [5.74, 6) is -1.96. The molecule has 6 nitrogen and oxygen atoms in total. The summed E-state index contributed by atoms with van der Waals surface area (Å²) < 4.78 is 55.4. The fourth-order valence-corrected chi connectivity index (χ4v) is 1.90. The van der Waals surface area contributed by atoms with Crippen LogP contribution in [0.3, 0.4) is 0 Å². The molecule has 0 spiro atoms. The molecular weight excluding hydrogens is 191 g/mol. The molecule has 0 rings (SSSR count). The molecule has 0 aromatic rings. The molecular formula is C2H6LiO6S2. The van der Waals surface area contributed by atoms with E-state index in [1.54, 1.807) is 0 Å². The minimum Gasteiger partial charge on any atom is -0.286 e. The summed E-state index contributed by atoms with van der Waals surface area (Å²) in [6.07, 6.45) is 0. The van der Waals surface area contributed by atoms with E-state index in [0.717, 1.165) is 0 Å². The van der Waals surface area contributed by atoms with Gasteiger partial charge in [0.25, 0.3) is 20.2 Å². The second-order valence-electron chi connectivity index (χ2n) is 1.57. The van der Waals surface area contributed by atoms with E-state index in [1.807, 2.05) is 0 Å². The largest absolute Gasteiger partial charge is 0.286 e. The number of hydrogen-bond donors (Lipinski definition) is 2. The van der Waals surface area contributed by atoms with E-state index in [4.69, 9.17) is 9.11 Å². The minimum atomic E-state index is -4.30. The predicted molar refractivity (Wildman–Crippen MR) is 38.6 cm³/mol. The van der Waals surface area contributed by atoms with E-state index in [1.165, 1.54) is 0 Å². The summed E-state index contributed by atoms with van der Waals surface area (Å²) in [4.78, 5) is 0. The van der Waals surface area contributed by atoms with Crippen LogP contribution in [0.15, 0.2) is 0 Å². The minimum absolute atomic E-state index is 0. The van der Waals surface area contributed by atoms with Crippen molar-refractivity contribution in [2.24, 2.45) is 0 Å². The Morgan fingerprint density at radius 3 is 1.09 bits per heavy atom. The first-order valence-corrected chi connectivity index (χ1v) is 5.33. The molecule has 63 valence electrons. The van der Waals surface area contributed by atoms with Gasteiger partial charge in [0, 0.05) is 18.9 Å². The Labute approximate surface area is 76.7 Å². The van der Waals surface area contributed by atoms with Gasteiger partial charge in [-0.2, -0.15) is 16.8 Å². The molecule has 0 aromatic heterocycles. The van der Waals surface area contributed by atoms with Crippen molar-refractivity contribution in [1.82, 2.24) is 0 Å². The van der Waals surface area contributed by atoms with E-state index in [2.05, 4.69) is 0 Å². The van der Waals surface area contributed by atoms with Gasteiger partial charge < -0.3 is 0 Å². The van der Waals surface area contributed by atoms with E-state index in [-0.39, 0.29) is 18.9 Å². The van der Waals surface area contributed by atoms with Crippen LogP contribution in [-0.4, -0.2) is 56.3 Å². The van der Waals surface area contributed by atoms with Gasteiger partial charge in [0.15, 0.2) is 0 Å². The van der Waals surface area contributed by atoms with Crippen molar-refractivity contribution in [2.45, 2.75) is 0 Å². The van der Waals surface area contributed by atoms with Crippen LogP contribution in [0.4, 0.5) is 0 Å². The first-order valence-electron chi connectivity index (χ1n) is 2.11. The third kappa shape index (κ3) is 13.4. The fraction of sp³-hybridized carbons (Fsp3) is 1.00. The zero-order valence-electron chi connectivity index (χ0n) is 5.76. The number of hydrogen-bond acceptors (Lipinski definition) is 4. The van der Waals surface area contributed by atoms with Crippen molar-refractivity contribution in [3.8, 4) is 0 Å². The third-order valence-electron chi connectivity index (χ3n) is 0.599. The monoisotopic (exact) mass is 197 g/mol. The second-order valence-corrected chi connectivity index (χ2v) is 4.72. The molecule has 9 heteroatoms. The van der Waals surface area contributed by atoms with Crippen LogP contribution in [0.2, 0.25) is 0 Å². The smallest absolute Gasteiger partial charge is 0.265 e. The Kier molecular flexibility index (Phi) is 5.65. The van der Waals surface area contributed by atoms with Gasteiger partial charge in [-0.15, -0.1) is 0 Å². The molecule has 0 unspecified atom stereocenters. The average molecular weight is 197 g/mol. The Hall–Kier alpha value is 0.417. The van der Waals surface area contributed by atoms with Crippen LogP contribution in [0, 0.1) is 0 Å². The Morgan fingerprint density at radius 2 is 1.00 bits per heavy atom. The van der Waals surface area contributed by atoms with Crippen molar-refractivity contribution >= 4 is 39.1 Å². The van der Waals surface area contributed by atoms with Gasteiger partial charge in [-0.3, -0.25) is 9.11 Å². The van der Waals surface area contributed by atoms with Gasteiger partial charge in [0.05, 0.1) is 11.5 Å². The molecule has 0 saturated heterocycles. The number of rotatable bonds is 3. The van der Waals surface area contributed by atoms with Crippen LogP contribution in [0.1, 0.15) is 0 Å². The summed E-state index contributed by atoms with van der Waals surface area (Å²) in [5.41, 5.74) is 0. The van der Waals surface area contributed by atoms with Crippen LogP contribution >= 0.6 is 0 Å². The molecule has 0 saturated carbocycles. The summed E-state index contributed by atoms with van der Waals surface area (Å²) >= 11 is 0. The topological polar surface area (TPSA) is 109 Å². The Morgan fingerprint density at radius 1 is 0.818 bits per heavy atom. The van der Waals surface area contributed by atoms with Crippen molar-refractivity contribution in [3.05, 3.63) is 0 Å². The summed E-state index contributed by atoms with van der Waals surface area (Å²) in [6.45, 7) is 0. The van der Waals surface area contributed by atoms with E-state index < -0.39 is 31.7 Å². The molecule has 2 N–H and O–H groups in total. The standard InChI is InChI=1S/C2H6O6S2.Li/c3-9(4,5)1-2-10(6,7)8;/h1-2H2,(H,3,4,5)(H,6,7,8);. The maximum atomic E-state index is 9.86. The second kappa shape index (κ2) is 4.44. The zero-order valence-corrected chi connectivity index (χ0v) is 7.39. The van der Waals surface area contributed by atoms with Gasteiger partial charge >= 0.3 is 0 Å². The van der Waals surface area contributed by atoms with Crippen molar-refractivity contribution in [1.29, 1.82) is 0 Å². The maximum Gasteiger partial charge on any atom is 0.265 e. The zero-order chi connectivity index (χ0) is 8.41. The first kappa shape index (κ1) is 14.0. The molecule has 11 heavy (non-hydrogen) atoms. The van der Waals surface area contributed by atoms with Crippen molar-refractivity contribution in [2.75, 3.05) is 11.5 Å². The van der Waals surface area contributed by atoms with E-state index in [0.29, 0.717) is 0 Å². The van der Waals surface area contributed by atoms with Crippen molar-refractivity contribution < 1.29 is 25.9 Å². The molecule has 0 fully saturated rings. The maximum absolute atomic E-state index is 9.86. The quantitative estimate of drug-likeness (QED) is 0.415. The third-order valence-corrected chi connectivity index (χ3v) is 2.30. The predicted octanol–water partition coefficient (Wildman–Crippen LogP) is -1.62.